The summed E-state index contributed by atoms with van der Waals surface area (Å²) in [5.41, 5.74) is 6.24. The molecule has 4 rings (SSSR count). The van der Waals surface area contributed by atoms with Crippen LogP contribution in [0.5, 0.6) is 0 Å². The Morgan fingerprint density at radius 3 is 2.36 bits per heavy atom. The predicted molar refractivity (Wildman–Crippen MR) is 135 cm³/mol. The average molecular weight is 458 g/mol. The first-order valence-electron chi connectivity index (χ1n) is 10.8. The fourth-order valence-corrected chi connectivity index (χ4v) is 4.24. The van der Waals surface area contributed by atoms with E-state index in [1.165, 1.54) is 22.9 Å². The molecule has 6 nitrogen and oxygen atoms in total. The molecule has 0 bridgehead atoms. The lowest BCUT2D eigenvalue weighted by molar-refractivity contribution is -0.113. The molecule has 1 aromatic heterocycles. The maximum absolute atomic E-state index is 12.6. The summed E-state index contributed by atoms with van der Waals surface area (Å²) in [6, 6.07) is 24.2. The second-order valence-electron chi connectivity index (χ2n) is 7.94. The number of aromatic nitrogens is 3. The lowest BCUT2D eigenvalue weighted by Gasteiger charge is -2.12. The smallest absolute Gasteiger partial charge is 0.234 e. The van der Waals surface area contributed by atoms with E-state index in [1.54, 1.807) is 0 Å². The molecule has 1 heterocycles. The van der Waals surface area contributed by atoms with E-state index < -0.39 is 0 Å². The molecule has 0 aliphatic heterocycles. The van der Waals surface area contributed by atoms with Crippen LogP contribution in [-0.4, -0.2) is 26.4 Å². The number of aryl methyl sites for hydroxylation is 3. The lowest BCUT2D eigenvalue weighted by Crippen LogP contribution is -2.15. The van der Waals surface area contributed by atoms with Crippen molar-refractivity contribution in [1.82, 2.24) is 14.8 Å². The van der Waals surface area contributed by atoms with Gasteiger partial charge in [0.1, 0.15) is 0 Å². The zero-order chi connectivity index (χ0) is 23.2. The highest BCUT2D eigenvalue weighted by Crippen LogP contribution is 2.24. The van der Waals surface area contributed by atoms with Crippen LogP contribution in [-0.2, 0) is 11.3 Å². The first kappa shape index (κ1) is 22.6. The van der Waals surface area contributed by atoms with Crippen molar-refractivity contribution in [2.75, 3.05) is 16.4 Å². The van der Waals surface area contributed by atoms with Crippen molar-refractivity contribution < 1.29 is 4.79 Å². The van der Waals surface area contributed by atoms with Gasteiger partial charge in [0.05, 0.1) is 12.3 Å². The second-order valence-corrected chi connectivity index (χ2v) is 8.89. The molecule has 33 heavy (non-hydrogen) atoms. The third-order valence-corrected chi connectivity index (χ3v) is 6.13. The number of carbonyl (C=O) groups excluding carboxylic acids is 1. The fraction of sp³-hybridized carbons (Fsp3) is 0.192. The van der Waals surface area contributed by atoms with Gasteiger partial charge in [-0.25, -0.2) is 0 Å². The van der Waals surface area contributed by atoms with Crippen LogP contribution in [0.1, 0.15) is 22.5 Å². The van der Waals surface area contributed by atoms with Gasteiger partial charge in [-0.1, -0.05) is 65.4 Å². The van der Waals surface area contributed by atoms with E-state index in [-0.39, 0.29) is 11.7 Å². The van der Waals surface area contributed by atoms with Crippen LogP contribution >= 0.6 is 11.8 Å². The lowest BCUT2D eigenvalue weighted by atomic mass is 10.1. The maximum Gasteiger partial charge on any atom is 0.234 e. The summed E-state index contributed by atoms with van der Waals surface area (Å²) < 4.78 is 2.00. The topological polar surface area (TPSA) is 71.8 Å². The van der Waals surface area contributed by atoms with Gasteiger partial charge in [-0.3, -0.25) is 9.36 Å². The number of nitrogens with one attached hydrogen (secondary N) is 2. The molecule has 1 amide bonds. The number of amides is 1. The summed E-state index contributed by atoms with van der Waals surface area (Å²) in [5, 5.41) is 15.9. The third-order valence-electron chi connectivity index (χ3n) is 5.21. The minimum atomic E-state index is -0.0751. The van der Waals surface area contributed by atoms with Gasteiger partial charge < -0.3 is 10.6 Å². The van der Waals surface area contributed by atoms with Crippen LogP contribution in [0.25, 0.3) is 5.69 Å². The van der Waals surface area contributed by atoms with Crippen molar-refractivity contribution in [3.63, 3.8) is 0 Å². The Labute approximate surface area is 198 Å². The van der Waals surface area contributed by atoms with Gasteiger partial charge in [-0.05, 0) is 56.7 Å². The first-order chi connectivity index (χ1) is 16.0. The molecule has 3 aromatic carbocycles. The van der Waals surface area contributed by atoms with E-state index in [4.69, 9.17) is 0 Å². The van der Waals surface area contributed by atoms with Gasteiger partial charge in [-0.15, -0.1) is 10.2 Å². The number of benzene rings is 3. The molecule has 168 valence electrons. The average Bonchev–Trinajstić information content (AvgIpc) is 3.22. The number of thioether (sulfide) groups is 1. The van der Waals surface area contributed by atoms with Crippen molar-refractivity contribution in [3.05, 3.63) is 95.3 Å². The van der Waals surface area contributed by atoms with Crippen LogP contribution in [0.2, 0.25) is 0 Å². The Morgan fingerprint density at radius 1 is 0.909 bits per heavy atom. The predicted octanol–water partition coefficient (Wildman–Crippen LogP) is 5.54. The van der Waals surface area contributed by atoms with Crippen LogP contribution in [0.15, 0.2) is 78.0 Å². The Hall–Kier alpha value is -3.58. The van der Waals surface area contributed by atoms with Gasteiger partial charge >= 0.3 is 0 Å². The van der Waals surface area contributed by atoms with Crippen molar-refractivity contribution in [2.24, 2.45) is 0 Å². The van der Waals surface area contributed by atoms with Crippen LogP contribution in [0.4, 0.5) is 11.4 Å². The van der Waals surface area contributed by atoms with Crippen LogP contribution in [0, 0.1) is 20.8 Å². The normalized spacial score (nSPS) is 10.8. The second kappa shape index (κ2) is 10.4. The zero-order valence-corrected chi connectivity index (χ0v) is 19.8. The van der Waals surface area contributed by atoms with Crippen LogP contribution in [0.3, 0.4) is 0 Å². The summed E-state index contributed by atoms with van der Waals surface area (Å²) in [6.07, 6.45) is 0. The number of carbonyl (C=O) groups is 1. The molecule has 0 radical (unpaired) electrons. The molecular formula is C26H27N5OS. The van der Waals surface area contributed by atoms with Crippen molar-refractivity contribution in [2.45, 2.75) is 32.5 Å². The first-order valence-corrected chi connectivity index (χ1v) is 11.8. The highest BCUT2D eigenvalue weighted by molar-refractivity contribution is 7.99. The number of para-hydroxylation sites is 1. The molecule has 0 atom stereocenters. The van der Waals surface area contributed by atoms with Crippen molar-refractivity contribution >= 4 is 29.0 Å². The number of nitrogens with zero attached hydrogens (tertiary/aromatic N) is 3. The fourth-order valence-electron chi connectivity index (χ4n) is 3.47. The number of anilines is 2. The van der Waals surface area contributed by atoms with E-state index in [2.05, 4.69) is 46.0 Å². The molecule has 0 unspecified atom stereocenters. The van der Waals surface area contributed by atoms with E-state index in [1.807, 2.05) is 73.0 Å². The Kier molecular flexibility index (Phi) is 7.10. The summed E-state index contributed by atoms with van der Waals surface area (Å²) in [4.78, 5) is 12.6. The van der Waals surface area contributed by atoms with Gasteiger partial charge in [0.2, 0.25) is 5.91 Å². The summed E-state index contributed by atoms with van der Waals surface area (Å²) in [6.45, 7) is 6.61. The molecule has 0 saturated heterocycles. The van der Waals surface area contributed by atoms with Gasteiger partial charge in [0.15, 0.2) is 11.0 Å². The van der Waals surface area contributed by atoms with Crippen LogP contribution < -0.4 is 10.6 Å². The number of rotatable bonds is 8. The molecule has 7 heteroatoms. The Balaban J connectivity index is 1.49. The molecule has 0 aliphatic rings. The largest absolute Gasteiger partial charge is 0.378 e. The molecule has 0 spiro atoms. The maximum atomic E-state index is 12.6. The minimum absolute atomic E-state index is 0.0751. The van der Waals surface area contributed by atoms with E-state index >= 15 is 0 Å². The highest BCUT2D eigenvalue weighted by Gasteiger charge is 2.16. The van der Waals surface area contributed by atoms with Crippen molar-refractivity contribution in [3.8, 4) is 5.69 Å². The third kappa shape index (κ3) is 5.81. The van der Waals surface area contributed by atoms with Gasteiger partial charge in [0, 0.05) is 17.1 Å². The van der Waals surface area contributed by atoms with Gasteiger partial charge in [0.25, 0.3) is 0 Å². The molecule has 0 aliphatic carbocycles. The van der Waals surface area contributed by atoms with Crippen molar-refractivity contribution in [1.29, 1.82) is 0 Å². The number of hydrogen-bond acceptors (Lipinski definition) is 5. The zero-order valence-electron chi connectivity index (χ0n) is 19.0. The van der Waals surface area contributed by atoms with E-state index in [0.717, 1.165) is 28.5 Å². The Bertz CT molecular complexity index is 1240. The molecule has 4 aromatic rings. The molecular weight excluding hydrogens is 430 g/mol. The molecule has 0 fully saturated rings. The van der Waals surface area contributed by atoms with Gasteiger partial charge in [-0.2, -0.15) is 0 Å². The molecule has 0 saturated carbocycles. The van der Waals surface area contributed by atoms with E-state index in [9.17, 15) is 4.79 Å². The standard InChI is InChI=1S/C26H27N5OS/c1-18-9-12-21(13-10-18)27-16-24-29-30-26(31(24)22-7-5-4-6-8-22)33-17-25(32)28-23-14-11-19(2)15-20(23)3/h4-15,27H,16-17H2,1-3H3,(H,28,32). The highest BCUT2D eigenvalue weighted by atomic mass is 32.2. The number of hydrogen-bond donors (Lipinski definition) is 2. The van der Waals surface area contributed by atoms with E-state index in [0.29, 0.717) is 11.7 Å². The monoisotopic (exact) mass is 457 g/mol. The summed E-state index contributed by atoms with van der Waals surface area (Å²) in [7, 11) is 0. The Morgan fingerprint density at radius 2 is 1.64 bits per heavy atom. The quantitative estimate of drug-likeness (QED) is 0.340. The minimum Gasteiger partial charge on any atom is -0.378 e. The summed E-state index contributed by atoms with van der Waals surface area (Å²) in [5.74, 6) is 0.942. The molecule has 2 N–H and O–H groups in total. The summed E-state index contributed by atoms with van der Waals surface area (Å²) >= 11 is 1.37. The SMILES string of the molecule is Cc1ccc(NCc2nnc(SCC(=O)Nc3ccc(C)cc3C)n2-c2ccccc2)cc1.